The van der Waals surface area contributed by atoms with Crippen molar-refractivity contribution in [2.75, 3.05) is 16.8 Å². The summed E-state index contributed by atoms with van der Waals surface area (Å²) in [5, 5.41) is 10.0. The van der Waals surface area contributed by atoms with Gasteiger partial charge in [0.25, 0.3) is 0 Å². The number of aromatic amines is 1. The molecular weight excluding hydrogens is 431 g/mol. The second-order valence-corrected chi connectivity index (χ2v) is 9.23. The molecule has 1 unspecified atom stereocenters. The summed E-state index contributed by atoms with van der Waals surface area (Å²) in [5.74, 6) is 0.0422. The Morgan fingerprint density at radius 1 is 1.35 bits per heavy atom. The standard InChI is InChI=1S/C13H13IN6O2S/c14-6-23(21,22)20-4-2-8(5-20)11-10-9-1-3-15-12(9)18-19-13(10)17-7-16-11/h1,3,7-8H,2,4-6H2,(H,15,18). The van der Waals surface area contributed by atoms with Crippen molar-refractivity contribution in [2.24, 2.45) is 0 Å². The molecule has 0 bridgehead atoms. The van der Waals surface area contributed by atoms with Crippen LogP contribution in [0.15, 0.2) is 18.6 Å². The predicted molar refractivity (Wildman–Crippen MR) is 93.7 cm³/mol. The molecule has 3 aromatic rings. The molecule has 10 heteroatoms. The third kappa shape index (κ3) is 2.48. The maximum absolute atomic E-state index is 12.1. The number of nitrogens with one attached hydrogen (secondary N) is 1. The topological polar surface area (TPSA) is 105 Å². The van der Waals surface area contributed by atoms with Gasteiger partial charge in [-0.2, -0.15) is 0 Å². The van der Waals surface area contributed by atoms with E-state index in [-0.39, 0.29) is 9.68 Å². The molecule has 1 saturated heterocycles. The van der Waals surface area contributed by atoms with E-state index in [1.807, 2.05) is 28.7 Å². The van der Waals surface area contributed by atoms with E-state index in [2.05, 4.69) is 25.1 Å². The van der Waals surface area contributed by atoms with Gasteiger partial charge in [-0.15, -0.1) is 10.2 Å². The molecule has 1 N–H and O–H groups in total. The molecule has 23 heavy (non-hydrogen) atoms. The highest BCUT2D eigenvalue weighted by atomic mass is 127. The zero-order valence-electron chi connectivity index (χ0n) is 12.0. The molecular formula is C13H13IN6O2S. The van der Waals surface area contributed by atoms with Crippen LogP contribution < -0.4 is 0 Å². The van der Waals surface area contributed by atoms with E-state index in [0.717, 1.165) is 22.9 Å². The molecule has 8 nitrogen and oxygen atoms in total. The Morgan fingerprint density at radius 2 is 2.22 bits per heavy atom. The molecule has 1 aliphatic rings. The van der Waals surface area contributed by atoms with Crippen molar-refractivity contribution in [1.29, 1.82) is 0 Å². The molecule has 3 aromatic heterocycles. The molecule has 1 aliphatic heterocycles. The fourth-order valence-electron chi connectivity index (χ4n) is 3.05. The number of fused-ring (bicyclic) bond motifs is 3. The molecule has 120 valence electrons. The summed E-state index contributed by atoms with van der Waals surface area (Å²) in [5.41, 5.74) is 2.07. The van der Waals surface area contributed by atoms with Gasteiger partial charge in [0, 0.05) is 30.6 Å². The molecule has 0 spiro atoms. The molecule has 4 heterocycles. The first-order chi connectivity index (χ1) is 11.1. The minimum Gasteiger partial charge on any atom is -0.345 e. The number of hydrogen-bond donors (Lipinski definition) is 1. The number of aromatic nitrogens is 5. The van der Waals surface area contributed by atoms with Crippen LogP contribution in [0.2, 0.25) is 0 Å². The first-order valence-electron chi connectivity index (χ1n) is 7.08. The summed E-state index contributed by atoms with van der Waals surface area (Å²) in [4.78, 5) is 11.7. The first kappa shape index (κ1) is 15.1. The number of H-pyrrole nitrogens is 1. The summed E-state index contributed by atoms with van der Waals surface area (Å²) in [6, 6.07) is 1.92. The van der Waals surface area contributed by atoms with Crippen LogP contribution >= 0.6 is 22.6 Å². The third-order valence-corrected chi connectivity index (χ3v) is 7.92. The monoisotopic (exact) mass is 444 g/mol. The summed E-state index contributed by atoms with van der Waals surface area (Å²) in [7, 11) is -3.18. The minimum absolute atomic E-state index is 0.0422. The molecule has 0 aliphatic carbocycles. The maximum atomic E-state index is 12.1. The van der Waals surface area contributed by atoms with Gasteiger partial charge in [0.15, 0.2) is 11.3 Å². The van der Waals surface area contributed by atoms with E-state index in [4.69, 9.17) is 0 Å². The lowest BCUT2D eigenvalue weighted by Crippen LogP contribution is -2.29. The first-order valence-corrected chi connectivity index (χ1v) is 10.2. The Morgan fingerprint density at radius 3 is 3.04 bits per heavy atom. The SMILES string of the molecule is O=S(=O)(CI)N1CCC(c2ncnc3nnc4[nH]ccc4c23)C1. The second kappa shape index (κ2) is 5.60. The fraction of sp³-hybridized carbons (Fsp3) is 0.385. The van der Waals surface area contributed by atoms with Gasteiger partial charge >= 0.3 is 0 Å². The molecule has 1 fully saturated rings. The number of alkyl halides is 1. The largest absolute Gasteiger partial charge is 0.345 e. The average Bonchev–Trinajstić information content (AvgIpc) is 3.23. The van der Waals surface area contributed by atoms with E-state index in [1.54, 1.807) is 10.5 Å². The molecule has 0 radical (unpaired) electrons. The van der Waals surface area contributed by atoms with Gasteiger partial charge in [-0.05, 0) is 12.5 Å². The summed E-state index contributed by atoms with van der Waals surface area (Å²) >= 11 is 1.89. The molecule has 1 atom stereocenters. The van der Waals surface area contributed by atoms with Gasteiger partial charge in [-0.25, -0.2) is 22.7 Å². The number of rotatable bonds is 3. The maximum Gasteiger partial charge on any atom is 0.223 e. The molecule has 4 rings (SSSR count). The average molecular weight is 444 g/mol. The fourth-order valence-corrected chi connectivity index (χ4v) is 5.16. The van der Waals surface area contributed by atoms with Crippen LogP contribution in [0.4, 0.5) is 0 Å². The lowest BCUT2D eigenvalue weighted by molar-refractivity contribution is 0.477. The Labute approximate surface area is 145 Å². The molecule has 0 saturated carbocycles. The molecule has 0 aromatic carbocycles. The van der Waals surface area contributed by atoms with Crippen molar-refractivity contribution >= 4 is 54.7 Å². The van der Waals surface area contributed by atoms with Gasteiger partial charge in [-0.3, -0.25) is 0 Å². The Hall–Kier alpha value is -1.40. The Balaban J connectivity index is 1.82. The number of hydrogen-bond acceptors (Lipinski definition) is 6. The molecule has 0 amide bonds. The zero-order valence-corrected chi connectivity index (χ0v) is 15.0. The highest BCUT2D eigenvalue weighted by Gasteiger charge is 2.33. The van der Waals surface area contributed by atoms with Gasteiger partial charge in [0.1, 0.15) is 10.1 Å². The number of nitrogens with zero attached hydrogens (tertiary/aromatic N) is 5. The predicted octanol–water partition coefficient (Wildman–Crippen LogP) is 1.41. The van der Waals surface area contributed by atoms with Crippen LogP contribution in [-0.4, -0.2) is 54.7 Å². The van der Waals surface area contributed by atoms with Crippen LogP contribution in [0.3, 0.4) is 0 Å². The van der Waals surface area contributed by atoms with Crippen LogP contribution in [-0.2, 0) is 10.0 Å². The number of sulfonamides is 1. The van der Waals surface area contributed by atoms with E-state index in [1.165, 1.54) is 6.33 Å². The van der Waals surface area contributed by atoms with Crippen molar-refractivity contribution in [3.63, 3.8) is 0 Å². The van der Waals surface area contributed by atoms with Gasteiger partial charge in [0.05, 0.1) is 11.1 Å². The lowest BCUT2D eigenvalue weighted by Gasteiger charge is -2.15. The normalized spacial score (nSPS) is 19.8. The van der Waals surface area contributed by atoms with Crippen LogP contribution in [0.1, 0.15) is 18.0 Å². The lowest BCUT2D eigenvalue weighted by atomic mass is 10.0. The van der Waals surface area contributed by atoms with E-state index >= 15 is 0 Å². The zero-order chi connectivity index (χ0) is 16.0. The quantitative estimate of drug-likeness (QED) is 0.484. The van der Waals surface area contributed by atoms with Gasteiger partial charge < -0.3 is 4.98 Å². The van der Waals surface area contributed by atoms with Crippen molar-refractivity contribution in [3.8, 4) is 0 Å². The number of halogens is 1. The van der Waals surface area contributed by atoms with Crippen molar-refractivity contribution in [2.45, 2.75) is 12.3 Å². The summed E-state index contributed by atoms with van der Waals surface area (Å²) in [6.45, 7) is 0.974. The third-order valence-electron chi connectivity index (χ3n) is 4.16. The van der Waals surface area contributed by atoms with Gasteiger partial charge in [-0.1, -0.05) is 22.6 Å². The van der Waals surface area contributed by atoms with E-state index < -0.39 is 10.0 Å². The van der Waals surface area contributed by atoms with Crippen molar-refractivity contribution < 1.29 is 8.42 Å². The van der Waals surface area contributed by atoms with Crippen LogP contribution in [0.5, 0.6) is 0 Å². The van der Waals surface area contributed by atoms with Crippen molar-refractivity contribution in [1.82, 2.24) is 29.5 Å². The van der Waals surface area contributed by atoms with Crippen molar-refractivity contribution in [3.05, 3.63) is 24.3 Å². The minimum atomic E-state index is -3.18. The smallest absolute Gasteiger partial charge is 0.223 e. The Kier molecular flexibility index (Phi) is 3.69. The van der Waals surface area contributed by atoms with E-state index in [0.29, 0.717) is 24.4 Å². The Bertz CT molecular complexity index is 988. The summed E-state index contributed by atoms with van der Waals surface area (Å²) < 4.78 is 25.8. The summed E-state index contributed by atoms with van der Waals surface area (Å²) in [6.07, 6.45) is 4.02. The second-order valence-electron chi connectivity index (χ2n) is 5.46. The highest BCUT2D eigenvalue weighted by molar-refractivity contribution is 14.1. The van der Waals surface area contributed by atoms with Gasteiger partial charge in [0.2, 0.25) is 10.0 Å². The van der Waals surface area contributed by atoms with E-state index in [9.17, 15) is 8.42 Å². The highest BCUT2D eigenvalue weighted by Crippen LogP contribution is 2.33. The van der Waals surface area contributed by atoms with Crippen LogP contribution in [0, 0.1) is 0 Å². The van der Waals surface area contributed by atoms with Crippen LogP contribution in [0.25, 0.3) is 22.1 Å².